The second-order valence-corrected chi connectivity index (χ2v) is 2.34. The van der Waals surface area contributed by atoms with Crippen LogP contribution in [-0.4, -0.2) is 17.1 Å². The first kappa shape index (κ1) is 7.12. The molecule has 0 amide bonds. The van der Waals surface area contributed by atoms with Crippen molar-refractivity contribution >= 4 is 11.0 Å². The smallest absolute Gasteiger partial charge is 0.184 e. The molecule has 0 saturated carbocycles. The highest BCUT2D eigenvalue weighted by molar-refractivity contribution is 5.76. The lowest BCUT2D eigenvalue weighted by Gasteiger charge is -1.98. The molecule has 0 aromatic carbocycles. The summed E-state index contributed by atoms with van der Waals surface area (Å²) in [6.45, 7) is 0. The van der Waals surface area contributed by atoms with Crippen molar-refractivity contribution in [2.24, 2.45) is 0 Å². The summed E-state index contributed by atoms with van der Waals surface area (Å²) in [6, 6.07) is 3.77. The fourth-order valence-corrected chi connectivity index (χ4v) is 1.06. The van der Waals surface area contributed by atoms with Gasteiger partial charge in [-0.15, -0.1) is 0 Å². The summed E-state index contributed by atoms with van der Waals surface area (Å²) >= 11 is 0. The summed E-state index contributed by atoms with van der Waals surface area (Å²) in [5.74, 6) is 0.601. The third kappa shape index (κ3) is 1.12. The second kappa shape index (κ2) is 2.83. The van der Waals surface area contributed by atoms with Gasteiger partial charge in [0.15, 0.2) is 5.75 Å². The maximum atomic E-state index is 4.81. The van der Waals surface area contributed by atoms with E-state index in [2.05, 4.69) is 14.9 Å². The van der Waals surface area contributed by atoms with E-state index in [0.717, 1.165) is 11.0 Å². The van der Waals surface area contributed by atoms with E-state index in [1.54, 1.807) is 6.20 Å². The van der Waals surface area contributed by atoms with Crippen molar-refractivity contribution in [2.75, 3.05) is 7.11 Å². The fourth-order valence-electron chi connectivity index (χ4n) is 1.06. The average Bonchev–Trinajstić information content (AvgIpc) is 2.51. The number of pyridine rings is 1. The summed E-state index contributed by atoms with van der Waals surface area (Å²) < 4.78 is 0. The molecule has 0 atom stereocenters. The monoisotopic (exact) mass is 164 g/mol. The Balaban J connectivity index is 2.46. The van der Waals surface area contributed by atoms with Gasteiger partial charge < -0.3 is 9.87 Å². The van der Waals surface area contributed by atoms with E-state index in [0.29, 0.717) is 5.75 Å². The van der Waals surface area contributed by atoms with Crippen molar-refractivity contribution in [3.05, 3.63) is 24.5 Å². The van der Waals surface area contributed by atoms with Gasteiger partial charge in [0.05, 0.1) is 13.3 Å². The Kier molecular flexibility index (Phi) is 1.68. The topological polar surface area (TPSA) is 47.1 Å². The molecule has 0 unspecified atom stereocenters. The van der Waals surface area contributed by atoms with E-state index in [4.69, 9.17) is 4.89 Å². The maximum absolute atomic E-state index is 4.81. The first-order chi connectivity index (χ1) is 5.90. The standard InChI is InChI=1S/C8H8N2O2/c1-11-12-7-4-6-2-3-9-8(6)10-5-7/h2-5H,1H3,(H,9,10). The van der Waals surface area contributed by atoms with Crippen LogP contribution < -0.4 is 4.89 Å². The summed E-state index contributed by atoms with van der Waals surface area (Å²) in [6.07, 6.45) is 3.43. The molecule has 0 aliphatic rings. The minimum atomic E-state index is 0.601. The number of hydrogen-bond donors (Lipinski definition) is 1. The van der Waals surface area contributed by atoms with E-state index >= 15 is 0 Å². The Morgan fingerprint density at radius 1 is 1.50 bits per heavy atom. The highest BCUT2D eigenvalue weighted by atomic mass is 17.2. The average molecular weight is 164 g/mol. The molecule has 0 bridgehead atoms. The Bertz CT molecular complexity index is 383. The van der Waals surface area contributed by atoms with Crippen LogP contribution in [0.15, 0.2) is 24.5 Å². The third-order valence-electron chi connectivity index (χ3n) is 1.55. The van der Waals surface area contributed by atoms with Gasteiger partial charge in [-0.1, -0.05) is 0 Å². The lowest BCUT2D eigenvalue weighted by molar-refractivity contribution is -0.178. The van der Waals surface area contributed by atoms with E-state index in [-0.39, 0.29) is 0 Å². The van der Waals surface area contributed by atoms with Gasteiger partial charge in [-0.05, 0) is 12.1 Å². The SMILES string of the molecule is COOc1cnc2[nH]ccc2c1. The molecule has 62 valence electrons. The number of rotatable bonds is 2. The molecule has 4 nitrogen and oxygen atoms in total. The first-order valence-electron chi connectivity index (χ1n) is 3.54. The highest BCUT2D eigenvalue weighted by Gasteiger charge is 1.98. The molecule has 0 aliphatic heterocycles. The van der Waals surface area contributed by atoms with Crippen molar-refractivity contribution in [3.8, 4) is 5.75 Å². The van der Waals surface area contributed by atoms with E-state index in [1.807, 2.05) is 18.3 Å². The van der Waals surface area contributed by atoms with Crippen molar-refractivity contribution < 1.29 is 9.78 Å². The van der Waals surface area contributed by atoms with Crippen LogP contribution >= 0.6 is 0 Å². The Morgan fingerprint density at radius 2 is 2.42 bits per heavy atom. The summed E-state index contributed by atoms with van der Waals surface area (Å²) in [7, 11) is 1.46. The molecule has 12 heavy (non-hydrogen) atoms. The third-order valence-corrected chi connectivity index (χ3v) is 1.55. The summed E-state index contributed by atoms with van der Waals surface area (Å²) in [5, 5.41) is 1.00. The van der Waals surface area contributed by atoms with Crippen molar-refractivity contribution in [3.63, 3.8) is 0 Å². The van der Waals surface area contributed by atoms with Crippen LogP contribution in [0.25, 0.3) is 11.0 Å². The molecule has 2 aromatic rings. The number of hydrogen-bond acceptors (Lipinski definition) is 3. The zero-order valence-corrected chi connectivity index (χ0v) is 6.57. The number of aromatic nitrogens is 2. The van der Waals surface area contributed by atoms with Crippen LogP contribution in [0.1, 0.15) is 0 Å². The maximum Gasteiger partial charge on any atom is 0.184 e. The Morgan fingerprint density at radius 3 is 3.25 bits per heavy atom. The van der Waals surface area contributed by atoms with Crippen LogP contribution in [0.5, 0.6) is 5.75 Å². The van der Waals surface area contributed by atoms with Gasteiger partial charge in [-0.3, -0.25) is 0 Å². The minimum Gasteiger partial charge on any atom is -0.346 e. The Hall–Kier alpha value is -1.55. The molecular formula is C8H8N2O2. The van der Waals surface area contributed by atoms with Crippen LogP contribution in [0.4, 0.5) is 0 Å². The zero-order valence-electron chi connectivity index (χ0n) is 6.57. The quantitative estimate of drug-likeness (QED) is 0.540. The molecule has 2 rings (SSSR count). The molecule has 2 aromatic heterocycles. The normalized spacial score (nSPS) is 10.4. The first-order valence-corrected chi connectivity index (χ1v) is 3.54. The molecular weight excluding hydrogens is 156 g/mol. The molecule has 0 fully saturated rings. The van der Waals surface area contributed by atoms with Gasteiger partial charge in [-0.2, -0.15) is 4.89 Å². The molecule has 1 N–H and O–H groups in total. The highest BCUT2D eigenvalue weighted by Crippen LogP contribution is 2.16. The Labute approximate surface area is 69.1 Å². The van der Waals surface area contributed by atoms with E-state index < -0.39 is 0 Å². The van der Waals surface area contributed by atoms with Gasteiger partial charge in [0.2, 0.25) is 0 Å². The van der Waals surface area contributed by atoms with Crippen molar-refractivity contribution in [1.29, 1.82) is 0 Å². The number of H-pyrrole nitrogens is 1. The summed E-state index contributed by atoms with van der Waals surface area (Å²) in [4.78, 5) is 16.4. The van der Waals surface area contributed by atoms with Gasteiger partial charge in [0, 0.05) is 11.6 Å². The van der Waals surface area contributed by atoms with Crippen LogP contribution in [0, 0.1) is 0 Å². The molecule has 0 radical (unpaired) electrons. The number of nitrogens with one attached hydrogen (secondary N) is 1. The largest absolute Gasteiger partial charge is 0.346 e. The number of nitrogens with zero attached hydrogens (tertiary/aromatic N) is 1. The van der Waals surface area contributed by atoms with E-state index in [1.165, 1.54) is 7.11 Å². The molecule has 4 heteroatoms. The molecule has 2 heterocycles. The van der Waals surface area contributed by atoms with Gasteiger partial charge in [-0.25, -0.2) is 4.98 Å². The fraction of sp³-hybridized carbons (Fsp3) is 0.125. The van der Waals surface area contributed by atoms with Gasteiger partial charge in [0.25, 0.3) is 0 Å². The lowest BCUT2D eigenvalue weighted by atomic mass is 10.3. The van der Waals surface area contributed by atoms with Crippen molar-refractivity contribution in [1.82, 2.24) is 9.97 Å². The van der Waals surface area contributed by atoms with Gasteiger partial charge in [0.1, 0.15) is 5.65 Å². The second-order valence-electron chi connectivity index (χ2n) is 2.34. The predicted molar refractivity (Wildman–Crippen MR) is 43.7 cm³/mol. The van der Waals surface area contributed by atoms with Crippen LogP contribution in [-0.2, 0) is 4.89 Å². The number of fused-ring (bicyclic) bond motifs is 1. The summed E-state index contributed by atoms with van der Waals surface area (Å²) in [5.41, 5.74) is 0.846. The molecule has 0 spiro atoms. The van der Waals surface area contributed by atoms with Crippen molar-refractivity contribution in [2.45, 2.75) is 0 Å². The van der Waals surface area contributed by atoms with Crippen LogP contribution in [0.3, 0.4) is 0 Å². The van der Waals surface area contributed by atoms with Crippen LogP contribution in [0.2, 0.25) is 0 Å². The number of aromatic amines is 1. The molecule has 0 aliphatic carbocycles. The minimum absolute atomic E-state index is 0.601. The molecule has 0 saturated heterocycles. The van der Waals surface area contributed by atoms with E-state index in [9.17, 15) is 0 Å². The zero-order chi connectivity index (χ0) is 8.39. The lowest BCUT2D eigenvalue weighted by Crippen LogP contribution is -1.90. The predicted octanol–water partition coefficient (Wildman–Crippen LogP) is 1.50. The van der Waals surface area contributed by atoms with Gasteiger partial charge >= 0.3 is 0 Å².